The summed E-state index contributed by atoms with van der Waals surface area (Å²) in [5, 5.41) is 0. The molecule has 6 heteroatoms. The SMILES string of the molecule is COc1ccc(C2=C3CCCC[C@H]3N=c3s/c(=C\c4ccc(Br)cc4)c(=O)n32)cc1. The summed E-state index contributed by atoms with van der Waals surface area (Å²) in [4.78, 5) is 19.3. The number of halogens is 1. The van der Waals surface area contributed by atoms with E-state index in [-0.39, 0.29) is 11.6 Å². The summed E-state index contributed by atoms with van der Waals surface area (Å²) < 4.78 is 8.88. The molecule has 0 bridgehead atoms. The van der Waals surface area contributed by atoms with E-state index in [2.05, 4.69) is 15.9 Å². The maximum absolute atomic E-state index is 13.5. The second-order valence-corrected chi connectivity index (χ2v) is 9.50. The highest BCUT2D eigenvalue weighted by atomic mass is 79.9. The number of hydrogen-bond acceptors (Lipinski definition) is 4. The van der Waals surface area contributed by atoms with Crippen LogP contribution in [-0.2, 0) is 0 Å². The third kappa shape index (κ3) is 3.48. The fourth-order valence-electron chi connectivity index (χ4n) is 4.22. The Kier molecular flexibility index (Phi) is 5.21. The molecule has 0 saturated heterocycles. The van der Waals surface area contributed by atoms with E-state index >= 15 is 0 Å². The molecule has 2 heterocycles. The highest BCUT2D eigenvalue weighted by molar-refractivity contribution is 9.10. The highest BCUT2D eigenvalue weighted by Gasteiger charge is 2.29. The first-order valence-electron chi connectivity index (χ1n) is 10.1. The average molecular weight is 481 g/mol. The Hall–Kier alpha value is -2.44. The zero-order chi connectivity index (χ0) is 20.7. The quantitative estimate of drug-likeness (QED) is 0.559. The molecule has 30 heavy (non-hydrogen) atoms. The summed E-state index contributed by atoms with van der Waals surface area (Å²) in [5.74, 6) is 0.812. The van der Waals surface area contributed by atoms with Gasteiger partial charge in [-0.2, -0.15) is 0 Å². The second kappa shape index (κ2) is 8.00. The molecular formula is C24H21BrN2O2S. The van der Waals surface area contributed by atoms with Gasteiger partial charge in [0.2, 0.25) is 0 Å². The molecule has 0 spiro atoms. The molecule has 0 radical (unpaired) electrons. The molecule has 2 aromatic carbocycles. The number of aromatic nitrogens is 1. The third-order valence-corrected chi connectivity index (χ3v) is 7.22. The second-order valence-electron chi connectivity index (χ2n) is 7.58. The lowest BCUT2D eigenvalue weighted by Crippen LogP contribution is -2.37. The molecule has 3 aromatic rings. The topological polar surface area (TPSA) is 43.6 Å². The lowest BCUT2D eigenvalue weighted by atomic mass is 9.86. The van der Waals surface area contributed by atoms with Gasteiger partial charge in [-0.3, -0.25) is 14.4 Å². The van der Waals surface area contributed by atoms with Gasteiger partial charge in [-0.25, -0.2) is 0 Å². The average Bonchev–Trinajstić information content (AvgIpc) is 3.08. The Morgan fingerprint density at radius 1 is 1.13 bits per heavy atom. The molecule has 1 saturated carbocycles. The summed E-state index contributed by atoms with van der Waals surface area (Å²) in [6, 6.07) is 16.2. The lowest BCUT2D eigenvalue weighted by Gasteiger charge is -2.28. The number of ether oxygens (including phenoxy) is 1. The van der Waals surface area contributed by atoms with Crippen LogP contribution >= 0.6 is 27.3 Å². The van der Waals surface area contributed by atoms with Gasteiger partial charge >= 0.3 is 0 Å². The van der Waals surface area contributed by atoms with Gasteiger partial charge in [-0.15, -0.1) is 0 Å². The molecule has 4 nitrogen and oxygen atoms in total. The molecule has 1 aromatic heterocycles. The lowest BCUT2D eigenvalue weighted by molar-refractivity contribution is 0.414. The molecule has 152 valence electrons. The van der Waals surface area contributed by atoms with Crippen molar-refractivity contribution in [1.82, 2.24) is 4.57 Å². The van der Waals surface area contributed by atoms with Crippen molar-refractivity contribution in [3.8, 4) is 5.75 Å². The van der Waals surface area contributed by atoms with Crippen LogP contribution in [0.25, 0.3) is 11.8 Å². The number of hydrogen-bond donors (Lipinski definition) is 0. The van der Waals surface area contributed by atoms with Crippen LogP contribution in [0.5, 0.6) is 5.75 Å². The molecule has 1 aliphatic carbocycles. The van der Waals surface area contributed by atoms with Crippen molar-refractivity contribution in [3.63, 3.8) is 0 Å². The molecular weight excluding hydrogens is 460 g/mol. The normalized spacial score (nSPS) is 18.6. The number of benzene rings is 2. The monoisotopic (exact) mass is 480 g/mol. The summed E-state index contributed by atoms with van der Waals surface area (Å²) in [6.07, 6.45) is 6.32. The van der Waals surface area contributed by atoms with Gasteiger partial charge in [0.15, 0.2) is 4.80 Å². The smallest absolute Gasteiger partial charge is 0.274 e. The standard InChI is InChI=1S/C24H21BrN2O2S/c1-29-18-12-8-16(9-13-18)22-19-4-2-3-5-20(19)26-24-27(22)23(28)21(30-24)14-15-6-10-17(25)11-7-15/h6-14,20H,2-5H2,1H3/b21-14-/t20-/m1/s1. The van der Waals surface area contributed by atoms with Crippen molar-refractivity contribution in [2.45, 2.75) is 31.7 Å². The zero-order valence-electron chi connectivity index (χ0n) is 16.6. The Labute approximate surface area is 187 Å². The van der Waals surface area contributed by atoms with Crippen LogP contribution in [0.3, 0.4) is 0 Å². The van der Waals surface area contributed by atoms with Crippen LogP contribution in [0.2, 0.25) is 0 Å². The Morgan fingerprint density at radius 2 is 1.90 bits per heavy atom. The van der Waals surface area contributed by atoms with Crippen LogP contribution in [0.15, 0.2) is 68.4 Å². The number of nitrogens with zero attached hydrogens (tertiary/aromatic N) is 2. The van der Waals surface area contributed by atoms with Crippen LogP contribution in [0.1, 0.15) is 36.8 Å². The van der Waals surface area contributed by atoms with E-state index < -0.39 is 0 Å². The molecule has 0 unspecified atom stereocenters. The van der Waals surface area contributed by atoms with E-state index in [1.54, 1.807) is 7.11 Å². The van der Waals surface area contributed by atoms with Crippen molar-refractivity contribution in [2.75, 3.05) is 7.11 Å². The largest absolute Gasteiger partial charge is 0.497 e. The number of fused-ring (bicyclic) bond motifs is 2. The molecule has 0 amide bonds. The van der Waals surface area contributed by atoms with Gasteiger partial charge in [0.1, 0.15) is 5.75 Å². The fraction of sp³-hybridized carbons (Fsp3) is 0.250. The van der Waals surface area contributed by atoms with Gasteiger partial charge < -0.3 is 4.74 Å². The molecule has 2 aliphatic rings. The van der Waals surface area contributed by atoms with E-state index in [1.807, 2.05) is 59.2 Å². The first kappa shape index (κ1) is 19.5. The first-order valence-corrected chi connectivity index (χ1v) is 11.7. The molecule has 1 atom stereocenters. The van der Waals surface area contributed by atoms with E-state index in [9.17, 15) is 4.79 Å². The van der Waals surface area contributed by atoms with Gasteiger partial charge in [0, 0.05) is 4.47 Å². The van der Waals surface area contributed by atoms with Gasteiger partial charge in [0.25, 0.3) is 5.56 Å². The molecule has 1 fully saturated rings. The molecule has 5 rings (SSSR count). The van der Waals surface area contributed by atoms with Crippen LogP contribution in [-0.4, -0.2) is 17.7 Å². The van der Waals surface area contributed by atoms with Crippen molar-refractivity contribution in [1.29, 1.82) is 0 Å². The van der Waals surface area contributed by atoms with Gasteiger partial charge in [0.05, 0.1) is 23.4 Å². The maximum Gasteiger partial charge on any atom is 0.274 e. The van der Waals surface area contributed by atoms with Gasteiger partial charge in [-0.05, 0) is 78.4 Å². The highest BCUT2D eigenvalue weighted by Crippen LogP contribution is 2.34. The third-order valence-electron chi connectivity index (χ3n) is 5.71. The number of methoxy groups -OCH3 is 1. The minimum absolute atomic E-state index is 0.00371. The summed E-state index contributed by atoms with van der Waals surface area (Å²) in [6.45, 7) is 0. The molecule has 1 aliphatic heterocycles. The van der Waals surface area contributed by atoms with Crippen LogP contribution in [0.4, 0.5) is 0 Å². The zero-order valence-corrected chi connectivity index (χ0v) is 19.0. The maximum atomic E-state index is 13.5. The van der Waals surface area contributed by atoms with Crippen molar-refractivity contribution in [3.05, 3.63) is 89.4 Å². The van der Waals surface area contributed by atoms with Crippen LogP contribution < -0.4 is 19.6 Å². The Morgan fingerprint density at radius 3 is 2.63 bits per heavy atom. The minimum atomic E-state index is 0.00371. The van der Waals surface area contributed by atoms with Crippen molar-refractivity contribution in [2.24, 2.45) is 4.99 Å². The summed E-state index contributed by atoms with van der Waals surface area (Å²) in [7, 11) is 1.67. The van der Waals surface area contributed by atoms with Gasteiger partial charge in [-0.1, -0.05) is 45.8 Å². The fourth-order valence-corrected chi connectivity index (χ4v) is 5.50. The predicted octanol–water partition coefficient (Wildman–Crippen LogP) is 4.34. The van der Waals surface area contributed by atoms with Crippen LogP contribution in [0, 0.1) is 0 Å². The van der Waals surface area contributed by atoms with E-state index in [0.29, 0.717) is 4.53 Å². The first-order chi connectivity index (χ1) is 14.6. The van der Waals surface area contributed by atoms with E-state index in [0.717, 1.165) is 51.1 Å². The molecule has 0 N–H and O–H groups in total. The van der Waals surface area contributed by atoms with E-state index in [1.165, 1.54) is 23.3 Å². The summed E-state index contributed by atoms with van der Waals surface area (Å²) >= 11 is 4.94. The summed E-state index contributed by atoms with van der Waals surface area (Å²) in [5.41, 5.74) is 4.36. The minimum Gasteiger partial charge on any atom is -0.497 e. The van der Waals surface area contributed by atoms with Crippen molar-refractivity contribution < 1.29 is 4.74 Å². The number of rotatable bonds is 3. The van der Waals surface area contributed by atoms with E-state index in [4.69, 9.17) is 9.73 Å². The van der Waals surface area contributed by atoms with Crippen molar-refractivity contribution >= 4 is 39.0 Å². The Bertz CT molecular complexity index is 1300. The Balaban J connectivity index is 1.72. The number of thiazole rings is 1. The predicted molar refractivity (Wildman–Crippen MR) is 125 cm³/mol.